The fraction of sp³-hybridized carbons (Fsp3) is 0.385. The van der Waals surface area contributed by atoms with Gasteiger partial charge >= 0.3 is 11.8 Å². The largest absolute Gasteiger partial charge is 0.387 e. The molecule has 0 spiro atoms. The normalized spacial score (nSPS) is 18.1. The van der Waals surface area contributed by atoms with E-state index in [-0.39, 0.29) is 6.54 Å². The SMILES string of the molecule is CN1CCN(CC(O)c2ccccc2)C(=O)C1=O. The number of nitrogens with zero attached hydrogens (tertiary/aromatic N) is 2. The number of aliphatic hydroxyl groups excluding tert-OH is 1. The number of rotatable bonds is 3. The molecule has 1 N–H and O–H groups in total. The van der Waals surface area contributed by atoms with Crippen LogP contribution in [0.15, 0.2) is 30.3 Å². The summed E-state index contributed by atoms with van der Waals surface area (Å²) < 4.78 is 0. The third kappa shape index (κ3) is 2.51. The molecule has 2 amide bonds. The molecule has 1 heterocycles. The van der Waals surface area contributed by atoms with E-state index in [0.717, 1.165) is 5.56 Å². The van der Waals surface area contributed by atoms with Gasteiger partial charge in [-0.15, -0.1) is 0 Å². The highest BCUT2D eigenvalue weighted by Crippen LogP contribution is 2.15. The lowest BCUT2D eigenvalue weighted by Gasteiger charge is -2.32. The molecule has 5 nitrogen and oxygen atoms in total. The van der Waals surface area contributed by atoms with Gasteiger partial charge in [-0.3, -0.25) is 9.59 Å². The van der Waals surface area contributed by atoms with E-state index >= 15 is 0 Å². The van der Waals surface area contributed by atoms with Gasteiger partial charge in [-0.25, -0.2) is 0 Å². The van der Waals surface area contributed by atoms with Crippen LogP contribution in [0.3, 0.4) is 0 Å². The van der Waals surface area contributed by atoms with Gasteiger partial charge in [-0.05, 0) is 5.56 Å². The number of carbonyl (C=O) groups excluding carboxylic acids is 2. The average molecular weight is 248 g/mol. The highest BCUT2D eigenvalue weighted by molar-refractivity contribution is 6.35. The Bertz CT molecular complexity index is 447. The zero-order valence-corrected chi connectivity index (χ0v) is 10.2. The Morgan fingerprint density at radius 3 is 2.50 bits per heavy atom. The standard InChI is InChI=1S/C13H16N2O3/c1-14-7-8-15(13(18)12(14)17)9-11(16)10-5-3-2-4-6-10/h2-6,11,16H,7-9H2,1H3. The summed E-state index contributed by atoms with van der Waals surface area (Å²) in [6.45, 7) is 1.12. The van der Waals surface area contributed by atoms with E-state index in [0.29, 0.717) is 13.1 Å². The molecule has 5 heteroatoms. The second-order valence-corrected chi connectivity index (χ2v) is 4.40. The van der Waals surface area contributed by atoms with Gasteiger partial charge in [0.1, 0.15) is 0 Å². The zero-order chi connectivity index (χ0) is 13.1. The van der Waals surface area contributed by atoms with Crippen molar-refractivity contribution in [2.45, 2.75) is 6.10 Å². The Balaban J connectivity index is 2.02. The Labute approximate surface area is 106 Å². The Morgan fingerprint density at radius 2 is 1.83 bits per heavy atom. The number of amides is 2. The fourth-order valence-electron chi connectivity index (χ4n) is 1.94. The van der Waals surface area contributed by atoms with E-state index in [4.69, 9.17) is 0 Å². The summed E-state index contributed by atoms with van der Waals surface area (Å²) in [7, 11) is 1.60. The van der Waals surface area contributed by atoms with Crippen LogP contribution in [0.5, 0.6) is 0 Å². The Morgan fingerprint density at radius 1 is 1.17 bits per heavy atom. The van der Waals surface area contributed by atoms with Gasteiger partial charge < -0.3 is 14.9 Å². The fourth-order valence-corrected chi connectivity index (χ4v) is 1.94. The third-order valence-electron chi connectivity index (χ3n) is 3.10. The van der Waals surface area contributed by atoms with Crippen molar-refractivity contribution in [2.75, 3.05) is 26.7 Å². The zero-order valence-electron chi connectivity index (χ0n) is 10.2. The Hall–Kier alpha value is -1.88. The minimum atomic E-state index is -0.758. The van der Waals surface area contributed by atoms with Crippen molar-refractivity contribution >= 4 is 11.8 Å². The average Bonchev–Trinajstić information content (AvgIpc) is 2.40. The van der Waals surface area contributed by atoms with Crippen LogP contribution in [-0.4, -0.2) is 53.4 Å². The van der Waals surface area contributed by atoms with Crippen LogP contribution in [-0.2, 0) is 9.59 Å². The molecule has 1 saturated heterocycles. The first-order chi connectivity index (χ1) is 8.59. The number of hydrogen-bond donors (Lipinski definition) is 1. The van der Waals surface area contributed by atoms with Crippen LogP contribution in [0.25, 0.3) is 0 Å². The number of β-amino-alcohol motifs (C(OH)–C–C–N with tert-alkyl or cyclic N) is 1. The number of likely N-dealkylation sites (N-methyl/N-ethyl adjacent to an activating group) is 1. The summed E-state index contributed by atoms with van der Waals surface area (Å²) in [5.74, 6) is -1.06. The van der Waals surface area contributed by atoms with Gasteiger partial charge in [0, 0.05) is 20.1 Å². The predicted molar refractivity (Wildman–Crippen MR) is 65.6 cm³/mol. The van der Waals surface area contributed by atoms with Gasteiger partial charge in [0.25, 0.3) is 0 Å². The second-order valence-electron chi connectivity index (χ2n) is 4.40. The topological polar surface area (TPSA) is 60.9 Å². The molecule has 1 fully saturated rings. The van der Waals surface area contributed by atoms with Crippen molar-refractivity contribution in [1.82, 2.24) is 9.80 Å². The lowest BCUT2D eigenvalue weighted by Crippen LogP contribution is -2.53. The summed E-state index contributed by atoms with van der Waals surface area (Å²) in [6, 6.07) is 9.12. The van der Waals surface area contributed by atoms with Crippen LogP contribution in [0.1, 0.15) is 11.7 Å². The van der Waals surface area contributed by atoms with E-state index in [1.165, 1.54) is 9.80 Å². The summed E-state index contributed by atoms with van der Waals surface area (Å²) in [4.78, 5) is 26.0. The van der Waals surface area contributed by atoms with E-state index < -0.39 is 17.9 Å². The highest BCUT2D eigenvalue weighted by atomic mass is 16.3. The number of carbonyl (C=O) groups is 2. The number of hydrogen-bond acceptors (Lipinski definition) is 3. The smallest absolute Gasteiger partial charge is 0.312 e. The molecule has 1 aliphatic heterocycles. The van der Waals surface area contributed by atoms with Gasteiger partial charge in [-0.1, -0.05) is 30.3 Å². The van der Waals surface area contributed by atoms with Crippen molar-refractivity contribution < 1.29 is 14.7 Å². The molecule has 0 aromatic heterocycles. The second kappa shape index (κ2) is 5.18. The Kier molecular flexibility index (Phi) is 3.62. The first kappa shape index (κ1) is 12.6. The highest BCUT2D eigenvalue weighted by Gasteiger charge is 2.31. The summed E-state index contributed by atoms with van der Waals surface area (Å²) in [5.41, 5.74) is 0.747. The maximum absolute atomic E-state index is 11.7. The quantitative estimate of drug-likeness (QED) is 0.767. The monoisotopic (exact) mass is 248 g/mol. The third-order valence-corrected chi connectivity index (χ3v) is 3.10. The van der Waals surface area contributed by atoms with Crippen LogP contribution in [0.2, 0.25) is 0 Å². The molecule has 0 aliphatic carbocycles. The van der Waals surface area contributed by atoms with Gasteiger partial charge in [0.2, 0.25) is 0 Å². The number of benzene rings is 1. The molecule has 1 aromatic rings. The summed E-state index contributed by atoms with van der Waals surface area (Å²) in [5, 5.41) is 10.0. The molecular weight excluding hydrogens is 232 g/mol. The first-order valence-corrected chi connectivity index (χ1v) is 5.87. The van der Waals surface area contributed by atoms with Gasteiger partial charge in [-0.2, -0.15) is 0 Å². The molecule has 18 heavy (non-hydrogen) atoms. The molecule has 2 rings (SSSR count). The summed E-state index contributed by atoms with van der Waals surface area (Å²) >= 11 is 0. The van der Waals surface area contributed by atoms with E-state index in [1.807, 2.05) is 18.2 Å². The minimum Gasteiger partial charge on any atom is -0.387 e. The molecule has 96 valence electrons. The van der Waals surface area contributed by atoms with Crippen molar-refractivity contribution in [2.24, 2.45) is 0 Å². The molecule has 0 bridgehead atoms. The van der Waals surface area contributed by atoms with E-state index in [1.54, 1.807) is 19.2 Å². The minimum absolute atomic E-state index is 0.155. The number of piperazine rings is 1. The van der Waals surface area contributed by atoms with Crippen molar-refractivity contribution in [3.8, 4) is 0 Å². The molecule has 0 saturated carbocycles. The first-order valence-electron chi connectivity index (χ1n) is 5.87. The summed E-state index contributed by atoms with van der Waals surface area (Å²) in [6.07, 6.45) is -0.758. The number of aliphatic hydroxyl groups is 1. The van der Waals surface area contributed by atoms with Gasteiger partial charge in [0.15, 0.2) is 0 Å². The molecule has 1 atom stereocenters. The van der Waals surface area contributed by atoms with Crippen molar-refractivity contribution in [3.63, 3.8) is 0 Å². The van der Waals surface area contributed by atoms with Crippen LogP contribution in [0.4, 0.5) is 0 Å². The lowest BCUT2D eigenvalue weighted by atomic mass is 10.1. The van der Waals surface area contributed by atoms with Crippen LogP contribution < -0.4 is 0 Å². The maximum Gasteiger partial charge on any atom is 0.312 e. The van der Waals surface area contributed by atoms with E-state index in [9.17, 15) is 14.7 Å². The van der Waals surface area contributed by atoms with Crippen LogP contribution >= 0.6 is 0 Å². The molecule has 1 unspecified atom stereocenters. The van der Waals surface area contributed by atoms with Crippen LogP contribution in [0, 0.1) is 0 Å². The van der Waals surface area contributed by atoms with Crippen molar-refractivity contribution in [3.05, 3.63) is 35.9 Å². The lowest BCUT2D eigenvalue weighted by molar-refractivity contribution is -0.155. The molecule has 1 aromatic carbocycles. The predicted octanol–water partition coefficient (Wildman–Crippen LogP) is 0.0206. The van der Waals surface area contributed by atoms with E-state index in [2.05, 4.69) is 0 Å². The van der Waals surface area contributed by atoms with Gasteiger partial charge in [0.05, 0.1) is 12.6 Å². The van der Waals surface area contributed by atoms with Crippen molar-refractivity contribution in [1.29, 1.82) is 0 Å². The molecular formula is C13H16N2O3. The molecule has 0 radical (unpaired) electrons. The molecule has 1 aliphatic rings. The maximum atomic E-state index is 11.7.